The lowest BCUT2D eigenvalue weighted by molar-refractivity contribution is 0.0958. The minimum atomic E-state index is -0.261. The van der Waals surface area contributed by atoms with Crippen molar-refractivity contribution < 1.29 is 13.9 Å². The second-order valence-corrected chi connectivity index (χ2v) is 4.42. The van der Waals surface area contributed by atoms with Gasteiger partial charge in [0, 0.05) is 32.3 Å². The van der Waals surface area contributed by atoms with Gasteiger partial charge in [-0.1, -0.05) is 0 Å². The SMILES string of the molecule is CNC(=O)c1cc(Oc2ccc3oc(C)nc3c2)ccn1. The summed E-state index contributed by atoms with van der Waals surface area (Å²) >= 11 is 0. The van der Waals surface area contributed by atoms with Crippen molar-refractivity contribution in [2.24, 2.45) is 0 Å². The van der Waals surface area contributed by atoms with Gasteiger partial charge in [-0.25, -0.2) is 4.98 Å². The number of oxazole rings is 1. The van der Waals surface area contributed by atoms with Crippen molar-refractivity contribution in [3.63, 3.8) is 0 Å². The highest BCUT2D eigenvalue weighted by Crippen LogP contribution is 2.26. The number of rotatable bonds is 3. The molecule has 2 aromatic heterocycles. The van der Waals surface area contributed by atoms with Crippen LogP contribution in [-0.2, 0) is 0 Å². The van der Waals surface area contributed by atoms with Gasteiger partial charge in [0.15, 0.2) is 11.5 Å². The molecule has 0 aliphatic carbocycles. The van der Waals surface area contributed by atoms with Crippen LogP contribution in [0.3, 0.4) is 0 Å². The lowest BCUT2D eigenvalue weighted by atomic mass is 10.3. The number of aromatic nitrogens is 2. The van der Waals surface area contributed by atoms with Crippen LogP contribution in [0, 0.1) is 6.92 Å². The smallest absolute Gasteiger partial charge is 0.269 e. The van der Waals surface area contributed by atoms with E-state index in [4.69, 9.17) is 9.15 Å². The zero-order valence-electron chi connectivity index (χ0n) is 11.6. The first-order valence-electron chi connectivity index (χ1n) is 6.39. The van der Waals surface area contributed by atoms with Crippen molar-refractivity contribution in [1.82, 2.24) is 15.3 Å². The van der Waals surface area contributed by atoms with Crippen LogP contribution < -0.4 is 10.1 Å². The molecule has 0 unspecified atom stereocenters. The summed E-state index contributed by atoms with van der Waals surface area (Å²) in [6.45, 7) is 1.79. The van der Waals surface area contributed by atoms with E-state index in [2.05, 4.69) is 15.3 Å². The number of carbonyl (C=O) groups is 1. The summed E-state index contributed by atoms with van der Waals surface area (Å²) in [4.78, 5) is 19.8. The van der Waals surface area contributed by atoms with Crippen LogP contribution in [0.1, 0.15) is 16.4 Å². The quantitative estimate of drug-likeness (QED) is 0.799. The Hall–Kier alpha value is -2.89. The molecule has 0 saturated heterocycles. The monoisotopic (exact) mass is 283 g/mol. The molecule has 0 saturated carbocycles. The number of hydrogen-bond donors (Lipinski definition) is 1. The van der Waals surface area contributed by atoms with Crippen LogP contribution in [-0.4, -0.2) is 22.9 Å². The first-order valence-corrected chi connectivity index (χ1v) is 6.39. The lowest BCUT2D eigenvalue weighted by Gasteiger charge is -2.06. The van der Waals surface area contributed by atoms with Crippen LogP contribution in [0.5, 0.6) is 11.5 Å². The summed E-state index contributed by atoms with van der Waals surface area (Å²) in [7, 11) is 1.55. The van der Waals surface area contributed by atoms with Gasteiger partial charge >= 0.3 is 0 Å². The third kappa shape index (κ3) is 2.69. The number of pyridine rings is 1. The molecule has 0 spiro atoms. The molecule has 3 aromatic rings. The zero-order chi connectivity index (χ0) is 14.8. The Morgan fingerprint density at radius 1 is 1.24 bits per heavy atom. The Labute approximate surface area is 120 Å². The molecule has 6 nitrogen and oxygen atoms in total. The number of carbonyl (C=O) groups excluding carboxylic acids is 1. The normalized spacial score (nSPS) is 10.6. The summed E-state index contributed by atoms with van der Waals surface area (Å²) in [6, 6.07) is 8.63. The first kappa shape index (κ1) is 13.1. The average Bonchev–Trinajstić information content (AvgIpc) is 2.86. The Bertz CT molecular complexity index is 811. The van der Waals surface area contributed by atoms with E-state index >= 15 is 0 Å². The summed E-state index contributed by atoms with van der Waals surface area (Å²) in [5, 5.41) is 2.52. The number of amides is 1. The van der Waals surface area contributed by atoms with Crippen LogP contribution in [0.25, 0.3) is 11.1 Å². The molecule has 0 aliphatic rings. The predicted molar refractivity (Wildman–Crippen MR) is 76.4 cm³/mol. The molecule has 0 bridgehead atoms. The number of aryl methyl sites for hydroxylation is 1. The Balaban J connectivity index is 1.89. The molecule has 1 aromatic carbocycles. The molecule has 1 amide bonds. The van der Waals surface area contributed by atoms with Crippen LogP contribution in [0.2, 0.25) is 0 Å². The van der Waals surface area contributed by atoms with Crippen molar-refractivity contribution in [2.75, 3.05) is 7.05 Å². The zero-order valence-corrected chi connectivity index (χ0v) is 11.6. The van der Waals surface area contributed by atoms with Gasteiger partial charge in [-0.3, -0.25) is 9.78 Å². The van der Waals surface area contributed by atoms with Gasteiger partial charge in [0.05, 0.1) is 0 Å². The standard InChI is InChI=1S/C15H13N3O3/c1-9-18-12-7-10(3-4-14(12)20-9)21-11-5-6-17-13(8-11)15(19)16-2/h3-8H,1-2H3,(H,16,19). The molecular formula is C15H13N3O3. The van der Waals surface area contributed by atoms with E-state index in [-0.39, 0.29) is 5.91 Å². The molecule has 21 heavy (non-hydrogen) atoms. The van der Waals surface area contributed by atoms with Gasteiger partial charge in [-0.15, -0.1) is 0 Å². The Morgan fingerprint density at radius 2 is 2.05 bits per heavy atom. The number of nitrogens with zero attached hydrogens (tertiary/aromatic N) is 2. The molecule has 0 radical (unpaired) electrons. The van der Waals surface area contributed by atoms with Crippen molar-refractivity contribution in [3.8, 4) is 11.5 Å². The van der Waals surface area contributed by atoms with Gasteiger partial charge in [-0.05, 0) is 18.2 Å². The molecule has 0 fully saturated rings. The molecule has 3 rings (SSSR count). The van der Waals surface area contributed by atoms with E-state index in [0.29, 0.717) is 28.7 Å². The van der Waals surface area contributed by atoms with Crippen molar-refractivity contribution in [2.45, 2.75) is 6.92 Å². The van der Waals surface area contributed by atoms with Gasteiger partial charge in [0.25, 0.3) is 5.91 Å². The third-order valence-electron chi connectivity index (χ3n) is 2.89. The molecule has 6 heteroatoms. The molecule has 1 N–H and O–H groups in total. The number of ether oxygens (including phenoxy) is 1. The topological polar surface area (TPSA) is 77.2 Å². The maximum absolute atomic E-state index is 11.5. The fourth-order valence-electron chi connectivity index (χ4n) is 1.95. The van der Waals surface area contributed by atoms with Gasteiger partial charge in [-0.2, -0.15) is 0 Å². The number of hydrogen-bond acceptors (Lipinski definition) is 5. The minimum absolute atomic E-state index is 0.261. The van der Waals surface area contributed by atoms with Crippen molar-refractivity contribution in [1.29, 1.82) is 0 Å². The van der Waals surface area contributed by atoms with Gasteiger partial charge in [0.2, 0.25) is 0 Å². The second-order valence-electron chi connectivity index (χ2n) is 4.42. The van der Waals surface area contributed by atoms with Crippen LogP contribution in [0.4, 0.5) is 0 Å². The Kier molecular flexibility index (Phi) is 3.27. The van der Waals surface area contributed by atoms with Crippen LogP contribution >= 0.6 is 0 Å². The van der Waals surface area contributed by atoms with E-state index in [1.807, 2.05) is 0 Å². The maximum atomic E-state index is 11.5. The largest absolute Gasteiger partial charge is 0.457 e. The molecule has 2 heterocycles. The molecular weight excluding hydrogens is 270 g/mol. The number of benzene rings is 1. The average molecular weight is 283 g/mol. The van der Waals surface area contributed by atoms with Gasteiger partial charge < -0.3 is 14.5 Å². The Morgan fingerprint density at radius 3 is 2.86 bits per heavy atom. The molecule has 0 aliphatic heterocycles. The lowest BCUT2D eigenvalue weighted by Crippen LogP contribution is -2.18. The number of fused-ring (bicyclic) bond motifs is 1. The van der Waals surface area contributed by atoms with Crippen molar-refractivity contribution >= 4 is 17.0 Å². The van der Waals surface area contributed by atoms with Crippen molar-refractivity contribution in [3.05, 3.63) is 48.1 Å². The van der Waals surface area contributed by atoms with Gasteiger partial charge in [0.1, 0.15) is 22.7 Å². The number of nitrogens with one attached hydrogen (secondary N) is 1. The third-order valence-corrected chi connectivity index (χ3v) is 2.89. The summed E-state index contributed by atoms with van der Waals surface area (Å²) in [6.07, 6.45) is 1.53. The highest BCUT2D eigenvalue weighted by atomic mass is 16.5. The van der Waals surface area contributed by atoms with Crippen LogP contribution in [0.15, 0.2) is 40.9 Å². The molecule has 106 valence electrons. The summed E-state index contributed by atoms with van der Waals surface area (Å²) < 4.78 is 11.1. The maximum Gasteiger partial charge on any atom is 0.269 e. The fraction of sp³-hybridized carbons (Fsp3) is 0.133. The minimum Gasteiger partial charge on any atom is -0.457 e. The van der Waals surface area contributed by atoms with E-state index in [9.17, 15) is 4.79 Å². The highest BCUT2D eigenvalue weighted by molar-refractivity contribution is 5.92. The van der Waals surface area contributed by atoms with E-state index < -0.39 is 0 Å². The van der Waals surface area contributed by atoms with E-state index in [1.54, 1.807) is 44.3 Å². The predicted octanol–water partition coefficient (Wildman–Crippen LogP) is 2.68. The van der Waals surface area contributed by atoms with E-state index in [1.165, 1.54) is 6.20 Å². The fourth-order valence-corrected chi connectivity index (χ4v) is 1.95. The first-order chi connectivity index (χ1) is 10.2. The summed E-state index contributed by atoms with van der Waals surface area (Å²) in [5.74, 6) is 1.49. The second kappa shape index (κ2) is 5.24. The summed E-state index contributed by atoms with van der Waals surface area (Å²) in [5.41, 5.74) is 1.74. The highest BCUT2D eigenvalue weighted by Gasteiger charge is 2.08. The molecule has 0 atom stereocenters. The van der Waals surface area contributed by atoms with E-state index in [0.717, 1.165) is 5.52 Å².